The first kappa shape index (κ1) is 15.0. The van der Waals surface area contributed by atoms with E-state index in [4.69, 9.17) is 21.4 Å². The number of ether oxygens (including phenoxy) is 1. The second kappa shape index (κ2) is 5.91. The number of rotatable bonds is 4. The van der Waals surface area contributed by atoms with Gasteiger partial charge in [-0.25, -0.2) is 9.59 Å². The molecule has 1 unspecified atom stereocenters. The van der Waals surface area contributed by atoms with Gasteiger partial charge in [0.1, 0.15) is 5.60 Å². The SMILES string of the molecule is CC(C)(C)OC(=O)N[C@H](C(=O)O)C(O)CCl. The summed E-state index contributed by atoms with van der Waals surface area (Å²) < 4.78 is 4.85. The van der Waals surface area contributed by atoms with Crippen molar-refractivity contribution in [1.82, 2.24) is 5.32 Å². The van der Waals surface area contributed by atoms with E-state index >= 15 is 0 Å². The van der Waals surface area contributed by atoms with Gasteiger partial charge in [-0.15, -0.1) is 11.6 Å². The van der Waals surface area contributed by atoms with Crippen molar-refractivity contribution in [2.45, 2.75) is 38.5 Å². The Hall–Kier alpha value is -1.01. The molecule has 3 N–H and O–H groups in total. The molecule has 1 amide bonds. The Balaban J connectivity index is 4.42. The van der Waals surface area contributed by atoms with Gasteiger partial charge in [0.05, 0.1) is 12.0 Å². The van der Waals surface area contributed by atoms with Gasteiger partial charge >= 0.3 is 12.1 Å². The van der Waals surface area contributed by atoms with Crippen molar-refractivity contribution in [3.8, 4) is 0 Å². The highest BCUT2D eigenvalue weighted by Gasteiger charge is 2.29. The molecule has 0 radical (unpaired) electrons. The van der Waals surface area contributed by atoms with Gasteiger partial charge in [0.2, 0.25) is 0 Å². The molecule has 0 spiro atoms. The Bertz CT molecular complexity index is 263. The summed E-state index contributed by atoms with van der Waals surface area (Å²) in [5, 5.41) is 20.0. The lowest BCUT2D eigenvalue weighted by molar-refractivity contribution is -0.142. The zero-order valence-electron chi connectivity index (χ0n) is 9.36. The lowest BCUT2D eigenvalue weighted by Crippen LogP contribution is -2.50. The maximum absolute atomic E-state index is 11.2. The van der Waals surface area contributed by atoms with Crippen molar-refractivity contribution in [2.24, 2.45) is 0 Å². The van der Waals surface area contributed by atoms with Crippen LogP contribution in [0.25, 0.3) is 0 Å². The number of halogens is 1. The fourth-order valence-electron chi connectivity index (χ4n) is 0.846. The van der Waals surface area contributed by atoms with E-state index in [9.17, 15) is 14.7 Å². The van der Waals surface area contributed by atoms with Crippen LogP contribution in [0.3, 0.4) is 0 Å². The zero-order valence-corrected chi connectivity index (χ0v) is 10.1. The molecule has 0 aromatic rings. The Morgan fingerprint density at radius 3 is 2.25 bits per heavy atom. The number of amides is 1. The predicted molar refractivity (Wildman–Crippen MR) is 57.5 cm³/mol. The minimum Gasteiger partial charge on any atom is -0.480 e. The number of nitrogens with one attached hydrogen (secondary N) is 1. The van der Waals surface area contributed by atoms with Gasteiger partial charge < -0.3 is 20.3 Å². The van der Waals surface area contributed by atoms with Crippen LogP contribution in [-0.4, -0.2) is 45.9 Å². The molecule has 0 heterocycles. The van der Waals surface area contributed by atoms with Crippen molar-refractivity contribution in [3.63, 3.8) is 0 Å². The smallest absolute Gasteiger partial charge is 0.408 e. The summed E-state index contributed by atoms with van der Waals surface area (Å²) in [6, 6.07) is -1.48. The monoisotopic (exact) mass is 253 g/mol. The van der Waals surface area contributed by atoms with Gasteiger partial charge in [-0.1, -0.05) is 0 Å². The van der Waals surface area contributed by atoms with Crippen molar-refractivity contribution in [3.05, 3.63) is 0 Å². The van der Waals surface area contributed by atoms with Gasteiger partial charge in [-0.2, -0.15) is 0 Å². The molecule has 0 fully saturated rings. The Morgan fingerprint density at radius 1 is 1.44 bits per heavy atom. The average Bonchev–Trinajstić information content (AvgIpc) is 2.09. The summed E-state index contributed by atoms with van der Waals surface area (Å²) in [6.07, 6.45) is -2.28. The fourth-order valence-corrected chi connectivity index (χ4v) is 1.02. The van der Waals surface area contributed by atoms with Crippen LogP contribution in [0.2, 0.25) is 0 Å². The maximum Gasteiger partial charge on any atom is 0.408 e. The van der Waals surface area contributed by atoms with E-state index in [1.165, 1.54) is 0 Å². The summed E-state index contributed by atoms with van der Waals surface area (Å²) in [6.45, 7) is 4.92. The van der Waals surface area contributed by atoms with Crippen molar-refractivity contribution in [1.29, 1.82) is 0 Å². The largest absolute Gasteiger partial charge is 0.480 e. The number of hydrogen-bond acceptors (Lipinski definition) is 4. The number of aliphatic hydroxyl groups excluding tert-OH is 1. The number of carbonyl (C=O) groups is 2. The summed E-state index contributed by atoms with van der Waals surface area (Å²) in [7, 11) is 0. The van der Waals surface area contributed by atoms with Gasteiger partial charge in [0.15, 0.2) is 6.04 Å². The first-order valence-electron chi connectivity index (χ1n) is 4.63. The molecule has 0 bridgehead atoms. The third-order valence-electron chi connectivity index (χ3n) is 1.48. The molecule has 0 aliphatic carbocycles. The third kappa shape index (κ3) is 5.77. The Labute approximate surface area is 98.5 Å². The molecule has 6 nitrogen and oxygen atoms in total. The standard InChI is InChI=1S/C9H16ClNO5/c1-9(2,3)16-8(15)11-6(7(13)14)5(12)4-10/h5-6,12H,4H2,1-3H3,(H,11,15)(H,13,14)/t5?,6-/m0/s1. The molecular weight excluding hydrogens is 238 g/mol. The quantitative estimate of drug-likeness (QED) is 0.637. The number of alkyl halides is 1. The van der Waals surface area contributed by atoms with Crippen LogP contribution in [-0.2, 0) is 9.53 Å². The second-order valence-electron chi connectivity index (χ2n) is 4.18. The first-order chi connectivity index (χ1) is 7.17. The van der Waals surface area contributed by atoms with E-state index in [-0.39, 0.29) is 5.88 Å². The van der Waals surface area contributed by atoms with E-state index < -0.39 is 29.8 Å². The zero-order chi connectivity index (χ0) is 12.9. The molecule has 0 saturated carbocycles. The van der Waals surface area contributed by atoms with E-state index in [1.54, 1.807) is 20.8 Å². The lowest BCUT2D eigenvalue weighted by atomic mass is 10.2. The van der Waals surface area contributed by atoms with E-state index in [0.717, 1.165) is 0 Å². The van der Waals surface area contributed by atoms with Crippen LogP contribution < -0.4 is 5.32 Å². The normalized spacial score (nSPS) is 15.1. The van der Waals surface area contributed by atoms with Crippen LogP contribution in [0.5, 0.6) is 0 Å². The molecule has 7 heteroatoms. The predicted octanol–water partition coefficient (Wildman–Crippen LogP) is 0.564. The van der Waals surface area contributed by atoms with Gasteiger partial charge in [0, 0.05) is 0 Å². The van der Waals surface area contributed by atoms with Crippen LogP contribution in [0.4, 0.5) is 4.79 Å². The van der Waals surface area contributed by atoms with Crippen molar-refractivity contribution in [2.75, 3.05) is 5.88 Å². The highest BCUT2D eigenvalue weighted by molar-refractivity contribution is 6.18. The molecule has 0 rings (SSSR count). The summed E-state index contributed by atoms with van der Waals surface area (Å²) >= 11 is 5.30. The molecule has 0 saturated heterocycles. The number of aliphatic carboxylic acids is 1. The Morgan fingerprint density at radius 2 is 1.94 bits per heavy atom. The first-order valence-corrected chi connectivity index (χ1v) is 5.17. The van der Waals surface area contributed by atoms with E-state index in [0.29, 0.717) is 0 Å². The van der Waals surface area contributed by atoms with E-state index in [1.807, 2.05) is 5.32 Å². The summed E-state index contributed by atoms with van der Waals surface area (Å²) in [5.74, 6) is -1.67. The van der Waals surface area contributed by atoms with Gasteiger partial charge in [0.25, 0.3) is 0 Å². The lowest BCUT2D eigenvalue weighted by Gasteiger charge is -2.23. The highest BCUT2D eigenvalue weighted by Crippen LogP contribution is 2.07. The van der Waals surface area contributed by atoms with Gasteiger partial charge in [-0.3, -0.25) is 0 Å². The van der Waals surface area contributed by atoms with Crippen molar-refractivity contribution >= 4 is 23.7 Å². The number of carboxylic acid groups (broad SMARTS) is 1. The minimum atomic E-state index is -1.48. The Kier molecular flexibility index (Phi) is 5.53. The van der Waals surface area contributed by atoms with Gasteiger partial charge in [-0.05, 0) is 20.8 Å². The molecule has 0 aromatic heterocycles. The molecule has 0 aliphatic rings. The van der Waals surface area contributed by atoms with Crippen LogP contribution >= 0.6 is 11.6 Å². The fraction of sp³-hybridized carbons (Fsp3) is 0.778. The number of alkyl carbamates (subject to hydrolysis) is 1. The molecular formula is C9H16ClNO5. The summed E-state index contributed by atoms with van der Waals surface area (Å²) in [5.41, 5.74) is -0.737. The third-order valence-corrected chi connectivity index (χ3v) is 1.80. The van der Waals surface area contributed by atoms with Crippen LogP contribution in [0.1, 0.15) is 20.8 Å². The summed E-state index contributed by atoms with van der Waals surface area (Å²) in [4.78, 5) is 22.0. The molecule has 0 aromatic carbocycles. The molecule has 94 valence electrons. The second-order valence-corrected chi connectivity index (χ2v) is 4.49. The minimum absolute atomic E-state index is 0.299. The number of carboxylic acids is 1. The molecule has 16 heavy (non-hydrogen) atoms. The van der Waals surface area contributed by atoms with Crippen LogP contribution in [0, 0.1) is 0 Å². The number of aliphatic hydroxyl groups is 1. The van der Waals surface area contributed by atoms with E-state index in [2.05, 4.69) is 0 Å². The average molecular weight is 254 g/mol. The highest BCUT2D eigenvalue weighted by atomic mass is 35.5. The topological polar surface area (TPSA) is 95.9 Å². The molecule has 2 atom stereocenters. The number of carbonyl (C=O) groups excluding carboxylic acids is 1. The number of hydrogen-bond donors (Lipinski definition) is 3. The maximum atomic E-state index is 11.2. The van der Waals surface area contributed by atoms with Crippen molar-refractivity contribution < 1.29 is 24.5 Å². The molecule has 0 aliphatic heterocycles. The van der Waals surface area contributed by atoms with Crippen LogP contribution in [0.15, 0.2) is 0 Å².